The van der Waals surface area contributed by atoms with Crippen molar-refractivity contribution in [2.45, 2.75) is 51.6 Å². The largest absolute Gasteiger partial charge is 0.382 e. The third-order valence-corrected chi connectivity index (χ3v) is 7.55. The normalized spacial score (nSPS) is 16.6. The van der Waals surface area contributed by atoms with Crippen LogP contribution < -0.4 is 5.32 Å². The van der Waals surface area contributed by atoms with Gasteiger partial charge in [-0.1, -0.05) is 32.0 Å². The molecule has 1 N–H and O–H groups in total. The molecule has 40 heavy (non-hydrogen) atoms. The van der Waals surface area contributed by atoms with Gasteiger partial charge in [0.05, 0.1) is 6.61 Å². The Morgan fingerprint density at radius 3 is 2.67 bits per heavy atom. The van der Waals surface area contributed by atoms with E-state index in [1.54, 1.807) is 32.5 Å². The van der Waals surface area contributed by atoms with Gasteiger partial charge in [0.1, 0.15) is 23.2 Å². The van der Waals surface area contributed by atoms with E-state index in [4.69, 9.17) is 4.74 Å². The van der Waals surface area contributed by atoms with Crippen LogP contribution in [0.5, 0.6) is 0 Å². The highest BCUT2D eigenvalue weighted by Gasteiger charge is 2.36. The third-order valence-electron chi connectivity index (χ3n) is 7.55. The number of aromatic nitrogens is 2. The second-order valence-electron chi connectivity index (χ2n) is 10.4. The van der Waals surface area contributed by atoms with Crippen molar-refractivity contribution in [3.05, 3.63) is 71.9 Å². The van der Waals surface area contributed by atoms with Crippen LogP contribution in [0.1, 0.15) is 49.2 Å². The molecule has 1 aromatic carbocycles. The van der Waals surface area contributed by atoms with Gasteiger partial charge in [-0.15, -0.1) is 0 Å². The number of amides is 3. The molecule has 1 fully saturated rings. The lowest BCUT2D eigenvalue weighted by molar-refractivity contribution is -0.139. The van der Waals surface area contributed by atoms with Crippen molar-refractivity contribution in [3.63, 3.8) is 0 Å². The number of likely N-dealkylation sites (tertiary alicyclic amines) is 1. The highest BCUT2D eigenvalue weighted by atomic mass is 19.1. The molecular weight excluding hydrogens is 513 g/mol. The van der Waals surface area contributed by atoms with Crippen molar-refractivity contribution >= 4 is 23.4 Å². The summed E-state index contributed by atoms with van der Waals surface area (Å²) >= 11 is 0. The monoisotopic (exact) mass is 551 g/mol. The summed E-state index contributed by atoms with van der Waals surface area (Å²) in [6.07, 6.45) is 6.26. The Hall–Kier alpha value is -3.79. The standard InChI is InChI=1S/C30H38FN5O4/c1-4-21(2)28(37)33-26(20-40-3)30(39)36-16-7-8-24(36)18-35(17-14-22-10-12-23(31)13-11-22)29(38)25-19-34-15-6-5-9-27(34)32-25/h5-6,9-13,15,19,21,24,26H,4,7-8,14,16-18,20H2,1-3H3,(H,33,37)/t21-,24+,26+/m1/s1. The van der Waals surface area contributed by atoms with E-state index in [-0.39, 0.29) is 42.1 Å². The minimum Gasteiger partial charge on any atom is -0.382 e. The average Bonchev–Trinajstić information content (AvgIpc) is 3.61. The number of benzene rings is 1. The van der Waals surface area contributed by atoms with Gasteiger partial charge in [-0.25, -0.2) is 9.37 Å². The van der Waals surface area contributed by atoms with E-state index in [0.717, 1.165) is 18.4 Å². The van der Waals surface area contributed by atoms with Crippen molar-refractivity contribution in [2.75, 3.05) is 33.4 Å². The van der Waals surface area contributed by atoms with E-state index in [1.807, 2.05) is 38.2 Å². The minimum atomic E-state index is -0.797. The van der Waals surface area contributed by atoms with Crippen LogP contribution in [0, 0.1) is 11.7 Å². The highest BCUT2D eigenvalue weighted by molar-refractivity contribution is 5.93. The molecule has 0 spiro atoms. The van der Waals surface area contributed by atoms with Gasteiger partial charge in [0, 0.05) is 51.1 Å². The summed E-state index contributed by atoms with van der Waals surface area (Å²) in [5.41, 5.74) is 1.89. The number of nitrogens with one attached hydrogen (secondary N) is 1. The number of methoxy groups -OCH3 is 1. The summed E-state index contributed by atoms with van der Waals surface area (Å²) in [6.45, 7) is 5.05. The van der Waals surface area contributed by atoms with Gasteiger partial charge in [0.2, 0.25) is 11.8 Å². The summed E-state index contributed by atoms with van der Waals surface area (Å²) in [7, 11) is 1.50. The fraction of sp³-hybridized carbons (Fsp3) is 0.467. The van der Waals surface area contributed by atoms with Crippen LogP contribution in [0.2, 0.25) is 0 Å². The van der Waals surface area contributed by atoms with Crippen molar-refractivity contribution in [1.29, 1.82) is 0 Å². The Bertz CT molecular complexity index is 1280. The van der Waals surface area contributed by atoms with E-state index in [2.05, 4.69) is 10.3 Å². The smallest absolute Gasteiger partial charge is 0.274 e. The van der Waals surface area contributed by atoms with Gasteiger partial charge < -0.3 is 24.3 Å². The number of fused-ring (bicyclic) bond motifs is 1. The van der Waals surface area contributed by atoms with E-state index < -0.39 is 6.04 Å². The van der Waals surface area contributed by atoms with Crippen molar-refractivity contribution in [1.82, 2.24) is 24.5 Å². The summed E-state index contributed by atoms with van der Waals surface area (Å²) in [5, 5.41) is 2.85. The number of rotatable bonds is 12. The van der Waals surface area contributed by atoms with E-state index in [1.165, 1.54) is 19.2 Å². The Kier molecular flexibility index (Phi) is 9.87. The van der Waals surface area contributed by atoms with Crippen LogP contribution in [0.25, 0.3) is 5.65 Å². The van der Waals surface area contributed by atoms with Crippen LogP contribution in [-0.2, 0) is 20.7 Å². The number of hydrogen-bond acceptors (Lipinski definition) is 5. The molecule has 10 heteroatoms. The number of nitrogens with zero attached hydrogens (tertiary/aromatic N) is 4. The van der Waals surface area contributed by atoms with E-state index in [9.17, 15) is 18.8 Å². The first-order valence-corrected chi connectivity index (χ1v) is 13.9. The molecule has 9 nitrogen and oxygen atoms in total. The molecular formula is C30H38FN5O4. The summed E-state index contributed by atoms with van der Waals surface area (Å²) in [6, 6.07) is 10.8. The first kappa shape index (κ1) is 29.2. The number of carbonyl (C=O) groups is 3. The van der Waals surface area contributed by atoms with Crippen LogP contribution >= 0.6 is 0 Å². The Morgan fingerprint density at radius 1 is 1.20 bits per heavy atom. The maximum atomic E-state index is 13.8. The second-order valence-corrected chi connectivity index (χ2v) is 10.4. The zero-order valence-electron chi connectivity index (χ0n) is 23.4. The molecule has 4 rings (SSSR count). The number of halogens is 1. The molecule has 0 bridgehead atoms. The van der Waals surface area contributed by atoms with Crippen LogP contribution in [-0.4, -0.2) is 82.3 Å². The highest BCUT2D eigenvalue weighted by Crippen LogP contribution is 2.21. The average molecular weight is 552 g/mol. The van der Waals surface area contributed by atoms with E-state index in [0.29, 0.717) is 43.8 Å². The number of hydrogen-bond donors (Lipinski definition) is 1. The molecule has 1 saturated heterocycles. The molecule has 0 aliphatic carbocycles. The Morgan fingerprint density at radius 2 is 1.98 bits per heavy atom. The molecule has 2 aromatic heterocycles. The van der Waals surface area contributed by atoms with Gasteiger partial charge in [0.25, 0.3) is 5.91 Å². The lowest BCUT2D eigenvalue weighted by Crippen LogP contribution is -2.55. The van der Waals surface area contributed by atoms with Crippen molar-refractivity contribution in [3.8, 4) is 0 Å². The van der Waals surface area contributed by atoms with Crippen LogP contribution in [0.4, 0.5) is 4.39 Å². The lowest BCUT2D eigenvalue weighted by atomic mass is 10.1. The maximum Gasteiger partial charge on any atom is 0.274 e. The molecule has 214 valence electrons. The molecule has 0 saturated carbocycles. The predicted octanol–water partition coefficient (Wildman–Crippen LogP) is 3.33. The van der Waals surface area contributed by atoms with Crippen LogP contribution in [0.3, 0.4) is 0 Å². The molecule has 0 radical (unpaired) electrons. The number of imidazole rings is 1. The molecule has 1 aliphatic rings. The third kappa shape index (κ3) is 7.04. The van der Waals surface area contributed by atoms with Crippen molar-refractivity contribution in [2.24, 2.45) is 5.92 Å². The number of carbonyl (C=O) groups excluding carboxylic acids is 3. The molecule has 3 aromatic rings. The fourth-order valence-electron chi connectivity index (χ4n) is 5.00. The summed E-state index contributed by atoms with van der Waals surface area (Å²) in [4.78, 5) is 48.0. The second kappa shape index (κ2) is 13.5. The zero-order valence-corrected chi connectivity index (χ0v) is 23.4. The predicted molar refractivity (Wildman–Crippen MR) is 149 cm³/mol. The lowest BCUT2D eigenvalue weighted by Gasteiger charge is -2.33. The Balaban J connectivity index is 1.53. The topological polar surface area (TPSA) is 96.2 Å². The van der Waals surface area contributed by atoms with E-state index >= 15 is 0 Å². The number of ether oxygens (including phenoxy) is 1. The van der Waals surface area contributed by atoms with Gasteiger partial charge in [-0.2, -0.15) is 0 Å². The minimum absolute atomic E-state index is 0.0681. The van der Waals surface area contributed by atoms with Gasteiger partial charge >= 0.3 is 0 Å². The molecule has 3 heterocycles. The molecule has 0 unspecified atom stereocenters. The van der Waals surface area contributed by atoms with Gasteiger partial charge in [0.15, 0.2) is 0 Å². The maximum absolute atomic E-state index is 13.8. The number of pyridine rings is 1. The quantitative estimate of drug-likeness (QED) is 0.373. The fourth-order valence-corrected chi connectivity index (χ4v) is 5.00. The molecule has 1 aliphatic heterocycles. The van der Waals surface area contributed by atoms with Crippen LogP contribution in [0.15, 0.2) is 54.9 Å². The first-order chi connectivity index (χ1) is 19.3. The Labute approximate surface area is 234 Å². The van der Waals surface area contributed by atoms with Crippen molar-refractivity contribution < 1.29 is 23.5 Å². The molecule has 3 atom stereocenters. The molecule has 3 amide bonds. The van der Waals surface area contributed by atoms with Gasteiger partial charge in [-0.3, -0.25) is 14.4 Å². The first-order valence-electron chi connectivity index (χ1n) is 13.9. The van der Waals surface area contributed by atoms with Gasteiger partial charge in [-0.05, 0) is 55.5 Å². The summed E-state index contributed by atoms with van der Waals surface area (Å²) < 4.78 is 20.5. The zero-order chi connectivity index (χ0) is 28.6. The SMILES string of the molecule is CC[C@@H](C)C(=O)N[C@@H](COC)C(=O)N1CCC[C@H]1CN(CCc1ccc(F)cc1)C(=O)c1cn2ccccc2n1. The summed E-state index contributed by atoms with van der Waals surface area (Å²) in [5.74, 6) is -1.15.